The molecule has 2 aliphatic heterocycles. The van der Waals surface area contributed by atoms with Gasteiger partial charge in [-0.25, -0.2) is 35.1 Å². The van der Waals surface area contributed by atoms with Crippen LogP contribution in [-0.2, 0) is 20.5 Å². The number of amidine groups is 1. The Hall–Kier alpha value is -2.80. The lowest BCUT2D eigenvalue weighted by Crippen LogP contribution is -2.41. The van der Waals surface area contributed by atoms with E-state index in [1.807, 2.05) is 0 Å². The summed E-state index contributed by atoms with van der Waals surface area (Å²) < 4.78 is 96.7. The van der Waals surface area contributed by atoms with Crippen molar-refractivity contribution in [1.29, 1.82) is 0 Å². The maximum Gasteiger partial charge on any atom is 0.215 e. The summed E-state index contributed by atoms with van der Waals surface area (Å²) in [6.45, 7) is -1.56. The molecule has 1 aromatic heterocycles. The molecule has 1 saturated heterocycles. The number of sulfonamides is 1. The molecular formula is C20H19F5N4O3S. The van der Waals surface area contributed by atoms with Crippen LogP contribution in [0.5, 0.6) is 0 Å². The topological polar surface area (TPSA) is 83.9 Å². The Morgan fingerprint density at radius 3 is 2.58 bits per heavy atom. The van der Waals surface area contributed by atoms with E-state index in [1.54, 1.807) is 0 Å². The van der Waals surface area contributed by atoms with E-state index in [2.05, 4.69) is 14.9 Å². The van der Waals surface area contributed by atoms with E-state index in [9.17, 15) is 30.4 Å². The minimum Gasteiger partial charge on any atom is -0.378 e. The summed E-state index contributed by atoms with van der Waals surface area (Å²) in [6, 6.07) is 2.83. The smallest absolute Gasteiger partial charge is 0.215 e. The van der Waals surface area contributed by atoms with E-state index in [-0.39, 0.29) is 36.6 Å². The van der Waals surface area contributed by atoms with Crippen molar-refractivity contribution >= 4 is 15.9 Å². The van der Waals surface area contributed by atoms with E-state index in [1.165, 1.54) is 4.90 Å². The van der Waals surface area contributed by atoms with Crippen molar-refractivity contribution in [3.8, 4) is 11.1 Å². The molecule has 1 fully saturated rings. The first-order valence-electron chi connectivity index (χ1n) is 9.81. The Morgan fingerprint density at radius 2 is 1.94 bits per heavy atom. The van der Waals surface area contributed by atoms with Crippen LogP contribution in [0.2, 0.25) is 0 Å². The number of hydrogen-bond acceptors (Lipinski definition) is 6. The number of aromatic nitrogens is 1. The fourth-order valence-corrected chi connectivity index (χ4v) is 4.77. The summed E-state index contributed by atoms with van der Waals surface area (Å²) in [7, 11) is -3.67. The minimum absolute atomic E-state index is 0.0928. The molecule has 33 heavy (non-hydrogen) atoms. The summed E-state index contributed by atoms with van der Waals surface area (Å²) >= 11 is 0. The number of likely N-dealkylation sites (tertiary alicyclic amines) is 1. The largest absolute Gasteiger partial charge is 0.378 e. The van der Waals surface area contributed by atoms with Crippen LogP contribution in [0.25, 0.3) is 11.1 Å². The highest BCUT2D eigenvalue weighted by molar-refractivity contribution is 7.88. The van der Waals surface area contributed by atoms with Crippen LogP contribution in [0.15, 0.2) is 35.6 Å². The average molecular weight is 490 g/mol. The van der Waals surface area contributed by atoms with Crippen LogP contribution in [0.1, 0.15) is 12.1 Å². The second-order valence-electron chi connectivity index (χ2n) is 7.97. The number of rotatable bonds is 5. The third-order valence-corrected chi connectivity index (χ3v) is 6.21. The molecule has 1 aromatic carbocycles. The first-order valence-corrected chi connectivity index (χ1v) is 11.7. The quantitative estimate of drug-likeness (QED) is 0.652. The molecule has 1 N–H and O–H groups in total. The van der Waals surface area contributed by atoms with Crippen molar-refractivity contribution in [2.45, 2.75) is 24.2 Å². The fraction of sp³-hybridized carbons (Fsp3) is 0.400. The highest BCUT2D eigenvalue weighted by Crippen LogP contribution is 2.42. The van der Waals surface area contributed by atoms with Gasteiger partial charge in [0.1, 0.15) is 36.1 Å². The van der Waals surface area contributed by atoms with Gasteiger partial charge in [0, 0.05) is 12.1 Å². The maximum absolute atomic E-state index is 14.4. The molecule has 2 aromatic rings. The van der Waals surface area contributed by atoms with E-state index in [0.717, 1.165) is 36.7 Å². The highest BCUT2D eigenvalue weighted by atomic mass is 32.2. The van der Waals surface area contributed by atoms with Gasteiger partial charge in [0.05, 0.1) is 42.7 Å². The summed E-state index contributed by atoms with van der Waals surface area (Å²) in [5.41, 5.74) is -3.18. The molecule has 0 bridgehead atoms. The molecule has 13 heteroatoms. The van der Waals surface area contributed by atoms with E-state index >= 15 is 0 Å². The maximum atomic E-state index is 14.4. The number of pyridine rings is 1. The molecule has 0 aliphatic carbocycles. The lowest BCUT2D eigenvalue weighted by molar-refractivity contribution is -0.0435. The van der Waals surface area contributed by atoms with Gasteiger partial charge in [-0.15, -0.1) is 0 Å². The van der Waals surface area contributed by atoms with Crippen LogP contribution >= 0.6 is 0 Å². The predicted molar refractivity (Wildman–Crippen MR) is 109 cm³/mol. The Balaban J connectivity index is 1.66. The van der Waals surface area contributed by atoms with Gasteiger partial charge in [0.2, 0.25) is 15.6 Å². The van der Waals surface area contributed by atoms with Crippen LogP contribution in [0, 0.1) is 17.5 Å². The Bertz CT molecular complexity index is 1190. The van der Waals surface area contributed by atoms with Crippen LogP contribution < -0.4 is 4.72 Å². The van der Waals surface area contributed by atoms with Gasteiger partial charge in [-0.2, -0.15) is 0 Å². The normalized spacial score (nSPS) is 25.3. The molecule has 4 rings (SSSR count). The highest BCUT2D eigenvalue weighted by Gasteiger charge is 2.48. The van der Waals surface area contributed by atoms with Gasteiger partial charge in [-0.3, -0.25) is 4.98 Å². The fourth-order valence-electron chi connectivity index (χ4n) is 4.00. The summed E-state index contributed by atoms with van der Waals surface area (Å²) in [5.74, 6) is -2.82. The number of alkyl halides is 2. The van der Waals surface area contributed by atoms with Gasteiger partial charge in [0.25, 0.3) is 0 Å². The van der Waals surface area contributed by atoms with Crippen molar-refractivity contribution in [3.63, 3.8) is 0 Å². The van der Waals surface area contributed by atoms with Gasteiger partial charge < -0.3 is 9.74 Å². The average Bonchev–Trinajstić information content (AvgIpc) is 3.32. The van der Waals surface area contributed by atoms with Crippen molar-refractivity contribution in [2.24, 2.45) is 5.16 Å². The van der Waals surface area contributed by atoms with Gasteiger partial charge in [-0.1, -0.05) is 11.2 Å². The zero-order valence-corrected chi connectivity index (χ0v) is 18.1. The standard InChI is InChI=1S/C20H19F5N4O3S/c1-33(30,31)28-16-9-29(8-15(16)25)17-6-20(10-21,32-27-17)19-12(5-11(22)7-26-19)18-13(23)3-2-4-14(18)24/h2-5,7,15-16,28H,6,8-10H2,1H3/t15-,16+,20?/m0/s1. The van der Waals surface area contributed by atoms with Gasteiger partial charge in [0.15, 0.2) is 0 Å². The zero-order chi connectivity index (χ0) is 24.0. The second-order valence-corrected chi connectivity index (χ2v) is 9.75. The van der Waals surface area contributed by atoms with Crippen LogP contribution in [0.4, 0.5) is 22.0 Å². The number of nitrogens with zero attached hydrogens (tertiary/aromatic N) is 3. The van der Waals surface area contributed by atoms with Crippen molar-refractivity contribution in [2.75, 3.05) is 26.0 Å². The molecule has 178 valence electrons. The summed E-state index contributed by atoms with van der Waals surface area (Å²) in [4.78, 5) is 10.6. The van der Waals surface area contributed by atoms with E-state index in [4.69, 9.17) is 4.84 Å². The lowest BCUT2D eigenvalue weighted by Gasteiger charge is -2.26. The molecule has 0 amide bonds. The van der Waals surface area contributed by atoms with Crippen molar-refractivity contribution in [1.82, 2.24) is 14.6 Å². The van der Waals surface area contributed by atoms with Gasteiger partial charge in [-0.05, 0) is 18.2 Å². The molecule has 0 saturated carbocycles. The number of halogens is 5. The lowest BCUT2D eigenvalue weighted by atomic mass is 9.89. The summed E-state index contributed by atoms with van der Waals surface area (Å²) in [5, 5.41) is 3.82. The second kappa shape index (κ2) is 8.52. The monoisotopic (exact) mass is 490 g/mol. The Morgan fingerprint density at radius 1 is 1.24 bits per heavy atom. The first-order chi connectivity index (χ1) is 15.5. The first kappa shape index (κ1) is 23.4. The van der Waals surface area contributed by atoms with Gasteiger partial charge >= 0.3 is 0 Å². The zero-order valence-electron chi connectivity index (χ0n) is 17.2. The summed E-state index contributed by atoms with van der Waals surface area (Å²) in [6.07, 6.45) is -0.204. The number of nitrogens with one attached hydrogen (secondary N) is 1. The third kappa shape index (κ3) is 4.51. The van der Waals surface area contributed by atoms with Crippen molar-refractivity contribution in [3.05, 3.63) is 53.6 Å². The molecule has 0 spiro atoms. The third-order valence-electron chi connectivity index (χ3n) is 5.48. The molecule has 3 heterocycles. The van der Waals surface area contributed by atoms with E-state index < -0.39 is 57.5 Å². The Kier molecular flexibility index (Phi) is 6.03. The van der Waals surface area contributed by atoms with Crippen LogP contribution in [-0.4, -0.2) is 62.4 Å². The van der Waals surface area contributed by atoms with Crippen LogP contribution in [0.3, 0.4) is 0 Å². The molecule has 0 radical (unpaired) electrons. The molecule has 1 unspecified atom stereocenters. The number of oxime groups is 1. The molecule has 2 aliphatic rings. The number of hydrogen-bond donors (Lipinski definition) is 1. The number of benzene rings is 1. The Labute approximate surface area is 186 Å². The van der Waals surface area contributed by atoms with Crippen molar-refractivity contribution < 1.29 is 35.2 Å². The predicted octanol–water partition coefficient (Wildman–Crippen LogP) is 2.64. The SMILES string of the molecule is CS(=O)(=O)N[C@@H]1CN(C2=NOC(CF)(c3ncc(F)cc3-c3c(F)cccc3F)C2)C[C@@H]1F. The molecule has 3 atom stereocenters. The molecule has 7 nitrogen and oxygen atoms in total. The molecular weight excluding hydrogens is 471 g/mol. The van der Waals surface area contributed by atoms with E-state index in [0.29, 0.717) is 0 Å². The minimum atomic E-state index is -3.67.